The fraction of sp³-hybridized carbons (Fsp3) is 0.0909. The number of allylic oxidation sites excluding steroid dienone is 1. The van der Waals surface area contributed by atoms with Gasteiger partial charge in [-0.05, 0) is 10.8 Å². The number of carbonyl (C=O) groups excluding carboxylic acids is 2. The van der Waals surface area contributed by atoms with Crippen LogP contribution in [0.2, 0.25) is 0 Å². The lowest BCUT2D eigenvalue weighted by Gasteiger charge is -2.12. The van der Waals surface area contributed by atoms with E-state index in [1.54, 1.807) is 24.3 Å². The van der Waals surface area contributed by atoms with Crippen molar-refractivity contribution < 1.29 is 14.3 Å². The number of ketones is 2. The zero-order valence-corrected chi connectivity index (χ0v) is 13.9. The number of hydrogen-bond acceptors (Lipinski definition) is 4. The quantitative estimate of drug-likeness (QED) is 0.540. The first-order chi connectivity index (χ1) is 12.7. The molecule has 126 valence electrons. The molecule has 2 aliphatic rings. The van der Waals surface area contributed by atoms with E-state index in [1.165, 1.54) is 0 Å². The van der Waals surface area contributed by atoms with E-state index >= 15 is 0 Å². The molecule has 1 unspecified atom stereocenters. The van der Waals surface area contributed by atoms with Crippen LogP contribution in [0.25, 0.3) is 10.8 Å². The van der Waals surface area contributed by atoms with Gasteiger partial charge >= 0.3 is 0 Å². The van der Waals surface area contributed by atoms with Crippen molar-refractivity contribution in [1.82, 2.24) is 5.32 Å². The van der Waals surface area contributed by atoms with E-state index < -0.39 is 0 Å². The minimum atomic E-state index is -0.272. The highest BCUT2D eigenvalue weighted by Gasteiger charge is 2.39. The lowest BCUT2D eigenvalue weighted by molar-refractivity contribution is 0.0966. The van der Waals surface area contributed by atoms with Crippen LogP contribution >= 0.6 is 0 Å². The zero-order valence-electron chi connectivity index (χ0n) is 13.9. The molecule has 3 aromatic rings. The Morgan fingerprint density at radius 1 is 0.808 bits per heavy atom. The average molecular weight is 341 g/mol. The van der Waals surface area contributed by atoms with Crippen molar-refractivity contribution in [1.29, 1.82) is 0 Å². The van der Waals surface area contributed by atoms with Crippen LogP contribution in [0.4, 0.5) is 0 Å². The predicted molar refractivity (Wildman–Crippen MR) is 97.9 cm³/mol. The molecule has 4 nitrogen and oxygen atoms in total. The molecule has 0 bridgehead atoms. The van der Waals surface area contributed by atoms with Gasteiger partial charge in [0.05, 0.1) is 6.54 Å². The molecule has 0 saturated carbocycles. The van der Waals surface area contributed by atoms with Crippen LogP contribution in [0.1, 0.15) is 32.4 Å². The Balaban J connectivity index is 1.54. The molecule has 26 heavy (non-hydrogen) atoms. The first kappa shape index (κ1) is 14.9. The van der Waals surface area contributed by atoms with Crippen LogP contribution in [0.3, 0.4) is 0 Å². The standard InChI is InChI=1S/C22H15NO3/c24-20-16-9-3-4-10-17(16)21(25)19(20)22-23-12-18(26-22)15-11-5-7-13-6-1-2-8-14(13)15/h1-11,18,23H,12H2. The Labute approximate surface area is 150 Å². The van der Waals surface area contributed by atoms with Crippen molar-refractivity contribution in [2.75, 3.05) is 6.54 Å². The van der Waals surface area contributed by atoms with E-state index in [0.29, 0.717) is 17.7 Å². The van der Waals surface area contributed by atoms with Gasteiger partial charge in [-0.2, -0.15) is 0 Å². The van der Waals surface area contributed by atoms with Crippen molar-refractivity contribution in [3.63, 3.8) is 0 Å². The molecule has 1 N–H and O–H groups in total. The van der Waals surface area contributed by atoms with E-state index in [9.17, 15) is 9.59 Å². The van der Waals surface area contributed by atoms with Gasteiger partial charge in [0.15, 0.2) is 0 Å². The number of hydrogen-bond donors (Lipinski definition) is 1. The maximum Gasteiger partial charge on any atom is 0.203 e. The number of fused-ring (bicyclic) bond motifs is 2. The molecule has 3 aromatic carbocycles. The average Bonchev–Trinajstić information content (AvgIpc) is 3.25. The SMILES string of the molecule is O=C1C(=C2NCC(c3cccc4ccccc34)O2)C(=O)c2ccccc21. The van der Waals surface area contributed by atoms with Gasteiger partial charge in [0, 0.05) is 16.7 Å². The molecule has 1 fully saturated rings. The van der Waals surface area contributed by atoms with Crippen LogP contribution in [0, 0.1) is 0 Å². The van der Waals surface area contributed by atoms with Gasteiger partial charge in [0.1, 0.15) is 11.7 Å². The fourth-order valence-corrected chi connectivity index (χ4v) is 3.72. The largest absolute Gasteiger partial charge is 0.468 e. The summed E-state index contributed by atoms with van der Waals surface area (Å²) in [6.45, 7) is 0.518. The Kier molecular flexibility index (Phi) is 3.19. The number of carbonyl (C=O) groups is 2. The summed E-state index contributed by atoms with van der Waals surface area (Å²) in [5, 5.41) is 5.37. The maximum absolute atomic E-state index is 12.7. The minimum absolute atomic E-state index is 0.105. The van der Waals surface area contributed by atoms with Gasteiger partial charge in [-0.3, -0.25) is 9.59 Å². The predicted octanol–water partition coefficient (Wildman–Crippen LogP) is 3.79. The third-order valence-electron chi connectivity index (χ3n) is 4.98. The van der Waals surface area contributed by atoms with Gasteiger partial charge in [0.25, 0.3) is 0 Å². The van der Waals surface area contributed by atoms with Crippen LogP contribution < -0.4 is 5.32 Å². The van der Waals surface area contributed by atoms with Crippen LogP contribution in [0.5, 0.6) is 0 Å². The highest BCUT2D eigenvalue weighted by molar-refractivity contribution is 6.39. The summed E-state index contributed by atoms with van der Waals surface area (Å²) in [4.78, 5) is 25.3. The number of ether oxygens (including phenoxy) is 1. The molecule has 0 amide bonds. The summed E-state index contributed by atoms with van der Waals surface area (Å²) < 4.78 is 6.04. The molecule has 0 aromatic heterocycles. The molecular formula is C22H15NO3. The molecule has 1 aliphatic heterocycles. The van der Waals surface area contributed by atoms with Crippen molar-refractivity contribution in [2.45, 2.75) is 6.10 Å². The summed E-state index contributed by atoms with van der Waals surface area (Å²) in [5.41, 5.74) is 2.04. The summed E-state index contributed by atoms with van der Waals surface area (Å²) in [6, 6.07) is 21.1. The van der Waals surface area contributed by atoms with E-state index in [1.807, 2.05) is 24.3 Å². The summed E-state index contributed by atoms with van der Waals surface area (Å²) in [5.74, 6) is -0.257. The topological polar surface area (TPSA) is 55.4 Å². The molecule has 0 radical (unpaired) electrons. The highest BCUT2D eigenvalue weighted by atomic mass is 16.5. The van der Waals surface area contributed by atoms with Crippen molar-refractivity contribution in [3.8, 4) is 0 Å². The number of Topliss-reactive ketones (excluding diaryl/α,β-unsaturated/α-hetero) is 2. The third-order valence-corrected chi connectivity index (χ3v) is 4.98. The molecule has 1 saturated heterocycles. The molecule has 0 spiro atoms. The first-order valence-electron chi connectivity index (χ1n) is 8.55. The van der Waals surface area contributed by atoms with E-state index in [4.69, 9.17) is 4.74 Å². The molecule has 1 heterocycles. The van der Waals surface area contributed by atoms with E-state index in [0.717, 1.165) is 16.3 Å². The Morgan fingerprint density at radius 3 is 2.23 bits per heavy atom. The normalized spacial score (nSPS) is 18.8. The second kappa shape index (κ2) is 5.56. The van der Waals surface area contributed by atoms with Gasteiger partial charge < -0.3 is 10.1 Å². The summed E-state index contributed by atoms with van der Waals surface area (Å²) >= 11 is 0. The van der Waals surface area contributed by atoms with Crippen molar-refractivity contribution in [3.05, 3.63) is 94.9 Å². The molecular weight excluding hydrogens is 326 g/mol. The lowest BCUT2D eigenvalue weighted by Crippen LogP contribution is -2.14. The van der Waals surface area contributed by atoms with Gasteiger partial charge in [-0.1, -0.05) is 66.7 Å². The van der Waals surface area contributed by atoms with Gasteiger partial charge in [-0.25, -0.2) is 0 Å². The van der Waals surface area contributed by atoms with Crippen LogP contribution in [-0.4, -0.2) is 18.1 Å². The zero-order chi connectivity index (χ0) is 17.7. The van der Waals surface area contributed by atoms with E-state index in [-0.39, 0.29) is 29.1 Å². The molecule has 1 atom stereocenters. The number of nitrogens with one attached hydrogen (secondary N) is 1. The van der Waals surface area contributed by atoms with Crippen molar-refractivity contribution >= 4 is 22.3 Å². The Bertz CT molecular complexity index is 1070. The molecule has 4 heteroatoms. The first-order valence-corrected chi connectivity index (χ1v) is 8.55. The maximum atomic E-state index is 12.7. The fourth-order valence-electron chi connectivity index (χ4n) is 3.72. The van der Waals surface area contributed by atoms with E-state index in [2.05, 4.69) is 23.5 Å². The number of benzene rings is 3. The van der Waals surface area contributed by atoms with Crippen LogP contribution in [0.15, 0.2) is 78.2 Å². The Morgan fingerprint density at radius 2 is 1.46 bits per heavy atom. The smallest absolute Gasteiger partial charge is 0.203 e. The second-order valence-corrected chi connectivity index (χ2v) is 6.46. The molecule has 1 aliphatic carbocycles. The summed E-state index contributed by atoms with van der Waals surface area (Å²) in [6.07, 6.45) is -0.243. The molecule has 5 rings (SSSR count). The third kappa shape index (κ3) is 2.09. The summed E-state index contributed by atoms with van der Waals surface area (Å²) in [7, 11) is 0. The van der Waals surface area contributed by atoms with Crippen LogP contribution in [-0.2, 0) is 4.74 Å². The lowest BCUT2D eigenvalue weighted by atomic mass is 10.0. The van der Waals surface area contributed by atoms with Gasteiger partial charge in [0.2, 0.25) is 17.4 Å². The monoisotopic (exact) mass is 341 g/mol. The second-order valence-electron chi connectivity index (χ2n) is 6.46. The highest BCUT2D eigenvalue weighted by Crippen LogP contribution is 2.35. The number of rotatable bonds is 1. The van der Waals surface area contributed by atoms with Gasteiger partial charge in [-0.15, -0.1) is 0 Å². The van der Waals surface area contributed by atoms with Crippen molar-refractivity contribution in [2.24, 2.45) is 0 Å². The Hall–Kier alpha value is -3.40. The minimum Gasteiger partial charge on any atom is -0.468 e.